The molecule has 2 heterocycles. The van der Waals surface area contributed by atoms with Crippen molar-refractivity contribution in [2.45, 2.75) is 40.0 Å². The van der Waals surface area contributed by atoms with Gasteiger partial charge in [0.05, 0.1) is 18.0 Å². The van der Waals surface area contributed by atoms with E-state index in [2.05, 4.69) is 16.9 Å². The second-order valence-electron chi connectivity index (χ2n) is 8.28. The summed E-state index contributed by atoms with van der Waals surface area (Å²) < 4.78 is 5.50. The summed E-state index contributed by atoms with van der Waals surface area (Å²) >= 11 is 1.21. The van der Waals surface area contributed by atoms with Gasteiger partial charge in [0.2, 0.25) is 0 Å². The van der Waals surface area contributed by atoms with Crippen molar-refractivity contribution in [3.05, 3.63) is 81.0 Å². The highest BCUT2D eigenvalue weighted by Crippen LogP contribution is 2.44. The molecular formula is C27H26N4O2S. The zero-order chi connectivity index (χ0) is 24.1. The van der Waals surface area contributed by atoms with E-state index < -0.39 is 5.97 Å². The normalized spacial score (nSPS) is 10.8. The Morgan fingerprint density at radius 1 is 1.03 bits per heavy atom. The molecule has 0 spiro atoms. The van der Waals surface area contributed by atoms with Crippen molar-refractivity contribution in [3.63, 3.8) is 0 Å². The Hall–Kier alpha value is -3.67. The molecule has 6 nitrogen and oxygen atoms in total. The molecule has 0 saturated heterocycles. The lowest BCUT2D eigenvalue weighted by Crippen LogP contribution is -2.04. The van der Waals surface area contributed by atoms with Crippen molar-refractivity contribution >= 4 is 33.2 Å². The number of nitrogens with zero attached hydrogens (tertiary/aromatic N) is 4. The van der Waals surface area contributed by atoms with Gasteiger partial charge in [0.15, 0.2) is 0 Å². The van der Waals surface area contributed by atoms with Gasteiger partial charge in [-0.1, -0.05) is 84.5 Å². The van der Waals surface area contributed by atoms with Gasteiger partial charge in [-0.2, -0.15) is 0 Å². The number of carbonyl (C=O) groups is 1. The Bertz CT molecular complexity index is 1370. The number of unbranched alkanes of at least 4 members (excludes halogenated alkanes) is 2. The van der Waals surface area contributed by atoms with E-state index in [0.717, 1.165) is 47.2 Å². The molecule has 0 saturated carbocycles. The van der Waals surface area contributed by atoms with Crippen LogP contribution in [0.2, 0.25) is 0 Å². The van der Waals surface area contributed by atoms with Crippen LogP contribution < -0.4 is 0 Å². The number of rotatable bonds is 8. The fraction of sp³-hybridized carbons (Fsp3) is 0.259. The minimum absolute atomic E-state index is 0.279. The van der Waals surface area contributed by atoms with Gasteiger partial charge in [-0.25, -0.2) is 9.78 Å². The second kappa shape index (κ2) is 10.5. The fourth-order valence-corrected chi connectivity index (χ4v) is 4.80. The van der Waals surface area contributed by atoms with Crippen molar-refractivity contribution in [1.29, 1.82) is 0 Å². The van der Waals surface area contributed by atoms with Crippen LogP contribution in [0.4, 0.5) is 5.69 Å². The van der Waals surface area contributed by atoms with Crippen LogP contribution in [-0.4, -0.2) is 17.6 Å². The summed E-state index contributed by atoms with van der Waals surface area (Å²) in [5.74, 6) is -0.478. The van der Waals surface area contributed by atoms with E-state index in [1.807, 2.05) is 68.4 Å². The first-order valence-corrected chi connectivity index (χ1v) is 12.2. The van der Waals surface area contributed by atoms with Gasteiger partial charge in [-0.15, -0.1) is 11.3 Å². The van der Waals surface area contributed by atoms with Gasteiger partial charge in [0.1, 0.15) is 9.71 Å². The number of fused-ring (bicyclic) bond motifs is 1. The number of benzene rings is 2. The quantitative estimate of drug-likeness (QED) is 0.0849. The van der Waals surface area contributed by atoms with Crippen LogP contribution >= 0.6 is 11.3 Å². The van der Waals surface area contributed by atoms with E-state index in [9.17, 15) is 10.3 Å². The predicted molar refractivity (Wildman–Crippen MR) is 139 cm³/mol. The predicted octanol–water partition coefficient (Wildman–Crippen LogP) is 8.54. The second-order valence-corrected chi connectivity index (χ2v) is 9.28. The third-order valence-corrected chi connectivity index (χ3v) is 6.71. The zero-order valence-corrected chi connectivity index (χ0v) is 20.4. The highest BCUT2D eigenvalue weighted by Gasteiger charge is 2.23. The number of ether oxygens (including phenoxy) is 1. The van der Waals surface area contributed by atoms with E-state index >= 15 is 0 Å². The van der Waals surface area contributed by atoms with E-state index in [1.165, 1.54) is 16.9 Å². The summed E-state index contributed by atoms with van der Waals surface area (Å²) in [5.41, 5.74) is 15.5. The van der Waals surface area contributed by atoms with E-state index in [-0.39, 0.29) is 10.6 Å². The van der Waals surface area contributed by atoms with Crippen molar-refractivity contribution in [2.24, 2.45) is 5.11 Å². The molecule has 0 N–H and O–H groups in total. The third kappa shape index (κ3) is 4.96. The average Bonchev–Trinajstić information content (AvgIpc) is 3.21. The fourth-order valence-electron chi connectivity index (χ4n) is 3.78. The maximum absolute atomic E-state index is 12.9. The van der Waals surface area contributed by atoms with Crippen LogP contribution in [0.3, 0.4) is 0 Å². The summed E-state index contributed by atoms with van der Waals surface area (Å²) in [5, 5.41) is 4.60. The number of esters is 1. The number of hydrogen-bond acceptors (Lipinski definition) is 5. The number of hydrogen-bond donors (Lipinski definition) is 0. The Morgan fingerprint density at radius 2 is 1.68 bits per heavy atom. The number of thiophene rings is 1. The smallest absolute Gasteiger partial charge is 0.348 e. The van der Waals surface area contributed by atoms with Crippen LogP contribution in [0.1, 0.15) is 47.0 Å². The monoisotopic (exact) mass is 470 g/mol. The van der Waals surface area contributed by atoms with Crippen molar-refractivity contribution in [2.75, 3.05) is 6.61 Å². The van der Waals surface area contributed by atoms with Gasteiger partial charge >= 0.3 is 5.97 Å². The average molecular weight is 471 g/mol. The van der Waals surface area contributed by atoms with Gasteiger partial charge in [0, 0.05) is 15.9 Å². The Morgan fingerprint density at radius 3 is 2.29 bits per heavy atom. The van der Waals surface area contributed by atoms with Gasteiger partial charge < -0.3 is 4.74 Å². The number of aromatic nitrogens is 1. The molecule has 34 heavy (non-hydrogen) atoms. The molecular weight excluding hydrogens is 444 g/mol. The first-order chi connectivity index (χ1) is 16.5. The van der Waals surface area contributed by atoms with Gasteiger partial charge in [-0.05, 0) is 43.0 Å². The number of aryl methyl sites for hydroxylation is 2. The molecule has 0 bridgehead atoms. The Labute approximate surface area is 202 Å². The van der Waals surface area contributed by atoms with Crippen molar-refractivity contribution in [1.82, 2.24) is 4.98 Å². The molecule has 2 aromatic heterocycles. The van der Waals surface area contributed by atoms with Crippen LogP contribution in [-0.2, 0) is 4.74 Å². The third-order valence-electron chi connectivity index (χ3n) is 5.66. The molecule has 0 aliphatic carbocycles. The molecule has 4 aromatic rings. The highest BCUT2D eigenvalue weighted by molar-refractivity contribution is 7.21. The molecule has 0 unspecified atom stereocenters. The van der Waals surface area contributed by atoms with E-state index in [0.29, 0.717) is 16.8 Å². The standard InChI is InChI=1S/C27H26N4O2S/c1-4-5-6-15-33-27(32)25-24(30-31-28)23-21(19-11-7-17(2)8-12-19)16-22(29-26(23)34-25)20-13-9-18(3)10-14-20/h7-14,16H,4-6,15H2,1-3H3. The summed E-state index contributed by atoms with van der Waals surface area (Å²) in [6, 6.07) is 18.3. The van der Waals surface area contributed by atoms with Crippen LogP contribution in [0.15, 0.2) is 59.7 Å². The number of carbonyl (C=O) groups excluding carboxylic acids is 1. The molecule has 4 rings (SSSR count). The Balaban J connectivity index is 1.92. The topological polar surface area (TPSA) is 88.0 Å². The maximum atomic E-state index is 12.9. The summed E-state index contributed by atoms with van der Waals surface area (Å²) in [7, 11) is 0. The maximum Gasteiger partial charge on any atom is 0.348 e. The minimum Gasteiger partial charge on any atom is -0.461 e. The molecule has 0 atom stereocenters. The Kier molecular flexibility index (Phi) is 7.26. The molecule has 0 aliphatic heterocycles. The summed E-state index contributed by atoms with van der Waals surface area (Å²) in [4.78, 5) is 21.7. The minimum atomic E-state index is -0.478. The lowest BCUT2D eigenvalue weighted by Gasteiger charge is -2.10. The van der Waals surface area contributed by atoms with Crippen LogP contribution in [0.5, 0.6) is 0 Å². The first-order valence-electron chi connectivity index (χ1n) is 11.4. The highest BCUT2D eigenvalue weighted by atomic mass is 32.1. The van der Waals surface area contributed by atoms with Crippen LogP contribution in [0.25, 0.3) is 43.0 Å². The zero-order valence-electron chi connectivity index (χ0n) is 19.5. The largest absolute Gasteiger partial charge is 0.461 e. The van der Waals surface area contributed by atoms with Crippen molar-refractivity contribution < 1.29 is 9.53 Å². The number of pyridine rings is 1. The molecule has 0 amide bonds. The number of azide groups is 1. The lowest BCUT2D eigenvalue weighted by atomic mass is 9.98. The molecule has 0 radical (unpaired) electrons. The molecule has 0 aliphatic rings. The summed E-state index contributed by atoms with van der Waals surface area (Å²) in [6.45, 7) is 6.51. The van der Waals surface area contributed by atoms with E-state index in [1.54, 1.807) is 0 Å². The van der Waals surface area contributed by atoms with E-state index in [4.69, 9.17) is 9.72 Å². The molecule has 0 fully saturated rings. The SMILES string of the molecule is CCCCCOC(=O)c1sc2nc(-c3ccc(C)cc3)cc(-c3ccc(C)cc3)c2c1N=[N+]=[N-]. The lowest BCUT2D eigenvalue weighted by molar-refractivity contribution is 0.0505. The van der Waals surface area contributed by atoms with Gasteiger partial charge in [0.25, 0.3) is 0 Å². The first kappa shape index (κ1) is 23.5. The van der Waals surface area contributed by atoms with Gasteiger partial charge in [-0.3, -0.25) is 0 Å². The van der Waals surface area contributed by atoms with Crippen LogP contribution in [0, 0.1) is 13.8 Å². The van der Waals surface area contributed by atoms with Crippen molar-refractivity contribution in [3.8, 4) is 22.4 Å². The molecule has 172 valence electrons. The molecule has 2 aromatic carbocycles. The molecule has 7 heteroatoms. The summed E-state index contributed by atoms with van der Waals surface area (Å²) in [6.07, 6.45) is 2.83.